The molecule has 0 aliphatic heterocycles. The highest BCUT2D eigenvalue weighted by Gasteiger charge is 2.19. The van der Waals surface area contributed by atoms with Gasteiger partial charge in [0.1, 0.15) is 0 Å². The van der Waals surface area contributed by atoms with Crippen molar-refractivity contribution in [2.24, 2.45) is 0 Å². The molecule has 0 saturated carbocycles. The molecule has 0 unspecified atom stereocenters. The molecule has 2 N–H and O–H groups in total. The zero-order valence-electron chi connectivity index (χ0n) is 7.61. The number of imidazole rings is 1. The Kier molecular flexibility index (Phi) is 2.01. The number of halogens is 1. The van der Waals surface area contributed by atoms with E-state index in [1.807, 2.05) is 0 Å². The second kappa shape index (κ2) is 3.09. The first kappa shape index (κ1) is 9.72. The molecular weight excluding hydrogens is 222 g/mol. The van der Waals surface area contributed by atoms with Gasteiger partial charge in [-0.3, -0.25) is 4.79 Å². The zero-order chi connectivity index (χ0) is 11.2. The molecule has 6 nitrogen and oxygen atoms in total. The summed E-state index contributed by atoms with van der Waals surface area (Å²) in [5.74, 6) is -1.16. The van der Waals surface area contributed by atoms with E-state index in [4.69, 9.17) is 16.7 Å². The van der Waals surface area contributed by atoms with Gasteiger partial charge in [-0.1, -0.05) is 11.6 Å². The van der Waals surface area contributed by atoms with Crippen molar-refractivity contribution >= 4 is 23.3 Å². The smallest absolute Gasteiger partial charge is 0.356 e. The van der Waals surface area contributed by atoms with Crippen molar-refractivity contribution in [3.05, 3.63) is 33.0 Å². The molecule has 2 aromatic rings. The van der Waals surface area contributed by atoms with Gasteiger partial charge in [0.2, 0.25) is 5.78 Å². The fourth-order valence-corrected chi connectivity index (χ4v) is 1.58. The first-order valence-corrected chi connectivity index (χ1v) is 4.39. The summed E-state index contributed by atoms with van der Waals surface area (Å²) in [6.07, 6.45) is 0. The molecule has 0 aliphatic rings. The highest BCUT2D eigenvalue weighted by atomic mass is 35.5. The minimum Gasteiger partial charge on any atom is -0.476 e. The van der Waals surface area contributed by atoms with Gasteiger partial charge in [0, 0.05) is 11.8 Å². The van der Waals surface area contributed by atoms with Crippen molar-refractivity contribution in [3.8, 4) is 0 Å². The van der Waals surface area contributed by atoms with Crippen LogP contribution in [0.3, 0.4) is 0 Å². The standard InChI is InChI=1S/C8H6ClN3O3/c1-3-2-4(13)12-5(7(14)15)6(9)11-8(12)10-3/h2H,1H3,(H,10,11)(H,14,15). The number of aromatic carboxylic acids is 1. The van der Waals surface area contributed by atoms with Crippen molar-refractivity contribution in [3.63, 3.8) is 0 Å². The Balaban J connectivity index is 3.00. The lowest BCUT2D eigenvalue weighted by molar-refractivity contribution is 0.0689. The summed E-state index contributed by atoms with van der Waals surface area (Å²) in [6.45, 7) is 1.67. The molecule has 0 aliphatic carbocycles. The third-order valence-corrected chi connectivity index (χ3v) is 2.17. The predicted octanol–water partition coefficient (Wildman–Crippen LogP) is 0.683. The Morgan fingerprint density at radius 1 is 1.67 bits per heavy atom. The Bertz CT molecular complexity index is 613. The monoisotopic (exact) mass is 227 g/mol. The van der Waals surface area contributed by atoms with Crippen LogP contribution in [0.5, 0.6) is 0 Å². The lowest BCUT2D eigenvalue weighted by Gasteiger charge is -1.96. The van der Waals surface area contributed by atoms with E-state index >= 15 is 0 Å². The number of hydrogen-bond acceptors (Lipinski definition) is 3. The molecule has 0 spiro atoms. The van der Waals surface area contributed by atoms with Crippen LogP contribution in [0.25, 0.3) is 5.78 Å². The van der Waals surface area contributed by atoms with E-state index in [2.05, 4.69) is 9.97 Å². The number of aromatic nitrogens is 3. The van der Waals surface area contributed by atoms with E-state index in [0.29, 0.717) is 5.69 Å². The van der Waals surface area contributed by atoms with E-state index < -0.39 is 11.5 Å². The molecule has 2 aromatic heterocycles. The molecule has 2 heterocycles. The Hall–Kier alpha value is -1.82. The maximum absolute atomic E-state index is 11.5. The van der Waals surface area contributed by atoms with E-state index in [0.717, 1.165) is 4.40 Å². The van der Waals surface area contributed by atoms with Gasteiger partial charge in [0.25, 0.3) is 5.56 Å². The summed E-state index contributed by atoms with van der Waals surface area (Å²) in [4.78, 5) is 28.9. The Morgan fingerprint density at radius 3 is 2.93 bits per heavy atom. The predicted molar refractivity (Wildman–Crippen MR) is 52.5 cm³/mol. The number of H-pyrrole nitrogens is 1. The highest BCUT2D eigenvalue weighted by molar-refractivity contribution is 6.32. The summed E-state index contributed by atoms with van der Waals surface area (Å²) >= 11 is 5.62. The highest BCUT2D eigenvalue weighted by Crippen LogP contribution is 2.14. The molecule has 0 atom stereocenters. The van der Waals surface area contributed by atoms with Gasteiger partial charge < -0.3 is 10.1 Å². The largest absolute Gasteiger partial charge is 0.476 e. The first-order valence-electron chi connectivity index (χ1n) is 4.02. The van der Waals surface area contributed by atoms with Crippen molar-refractivity contribution in [1.82, 2.24) is 14.4 Å². The fourth-order valence-electron chi connectivity index (χ4n) is 1.34. The summed E-state index contributed by atoms with van der Waals surface area (Å²) in [6, 6.07) is 1.28. The molecule has 0 saturated heterocycles. The molecule has 78 valence electrons. The average Bonchev–Trinajstić information content (AvgIpc) is 2.40. The lowest BCUT2D eigenvalue weighted by Crippen LogP contribution is -2.18. The summed E-state index contributed by atoms with van der Waals surface area (Å²) in [5.41, 5.74) is -0.211. The number of carboxylic acid groups (broad SMARTS) is 1. The maximum Gasteiger partial charge on any atom is 0.356 e. The Labute approximate surface area is 88.1 Å². The number of nitrogens with zero attached hydrogens (tertiary/aromatic N) is 2. The third kappa shape index (κ3) is 1.39. The van der Waals surface area contributed by atoms with Crippen LogP contribution < -0.4 is 5.56 Å². The van der Waals surface area contributed by atoms with Crippen molar-refractivity contribution in [2.45, 2.75) is 6.92 Å². The third-order valence-electron chi connectivity index (χ3n) is 1.91. The van der Waals surface area contributed by atoms with Crippen molar-refractivity contribution < 1.29 is 9.90 Å². The summed E-state index contributed by atoms with van der Waals surface area (Å²) < 4.78 is 0.928. The fraction of sp³-hybridized carbons (Fsp3) is 0.125. The Morgan fingerprint density at radius 2 is 2.33 bits per heavy atom. The molecule has 7 heteroatoms. The number of carboxylic acids is 1. The normalized spacial score (nSPS) is 10.8. The molecule has 0 bridgehead atoms. The van der Waals surface area contributed by atoms with Crippen LogP contribution in [0.1, 0.15) is 16.2 Å². The molecule has 0 aromatic carbocycles. The molecule has 0 fully saturated rings. The molecule has 2 rings (SSSR count). The lowest BCUT2D eigenvalue weighted by atomic mass is 10.4. The minimum atomic E-state index is -1.29. The molecule has 15 heavy (non-hydrogen) atoms. The second-order valence-corrected chi connectivity index (χ2v) is 3.36. The van der Waals surface area contributed by atoms with Crippen LogP contribution in [-0.2, 0) is 0 Å². The van der Waals surface area contributed by atoms with Gasteiger partial charge in [-0.05, 0) is 6.92 Å². The molecule has 0 amide bonds. The van der Waals surface area contributed by atoms with Gasteiger partial charge in [0.15, 0.2) is 10.8 Å². The number of fused-ring (bicyclic) bond motifs is 1. The summed E-state index contributed by atoms with van der Waals surface area (Å²) in [7, 11) is 0. The van der Waals surface area contributed by atoms with E-state index in [1.165, 1.54) is 6.07 Å². The van der Waals surface area contributed by atoms with Crippen LogP contribution in [0.15, 0.2) is 10.9 Å². The van der Waals surface area contributed by atoms with Gasteiger partial charge in [-0.15, -0.1) is 0 Å². The van der Waals surface area contributed by atoms with Crippen LogP contribution in [-0.4, -0.2) is 25.4 Å². The number of nitrogens with one attached hydrogen (secondary N) is 1. The first-order chi connectivity index (χ1) is 7.00. The number of rotatable bonds is 1. The number of hydrogen-bond donors (Lipinski definition) is 2. The van der Waals surface area contributed by atoms with Gasteiger partial charge >= 0.3 is 5.97 Å². The number of aryl methyl sites for hydroxylation is 1. The van der Waals surface area contributed by atoms with Crippen LogP contribution in [0, 0.1) is 6.92 Å². The number of carbonyl (C=O) groups is 1. The average molecular weight is 228 g/mol. The van der Waals surface area contributed by atoms with E-state index in [9.17, 15) is 9.59 Å². The zero-order valence-corrected chi connectivity index (χ0v) is 8.37. The van der Waals surface area contributed by atoms with Crippen LogP contribution in [0.2, 0.25) is 5.15 Å². The quantitative estimate of drug-likeness (QED) is 0.750. The summed E-state index contributed by atoms with van der Waals surface area (Å²) in [5, 5.41) is 8.64. The SMILES string of the molecule is Cc1cc(=O)n2c(C(=O)O)c(Cl)nc2[nH]1. The molecular formula is C8H6ClN3O3. The van der Waals surface area contributed by atoms with Crippen molar-refractivity contribution in [1.29, 1.82) is 0 Å². The molecule has 0 radical (unpaired) electrons. The number of aromatic amines is 1. The van der Waals surface area contributed by atoms with Gasteiger partial charge in [-0.2, -0.15) is 4.98 Å². The van der Waals surface area contributed by atoms with Crippen molar-refractivity contribution in [2.75, 3.05) is 0 Å². The second-order valence-electron chi connectivity index (χ2n) is 3.01. The van der Waals surface area contributed by atoms with Crippen LogP contribution in [0.4, 0.5) is 0 Å². The van der Waals surface area contributed by atoms with Gasteiger partial charge in [-0.25, -0.2) is 9.20 Å². The van der Waals surface area contributed by atoms with Gasteiger partial charge in [0.05, 0.1) is 0 Å². The van der Waals surface area contributed by atoms with E-state index in [-0.39, 0.29) is 16.6 Å². The topological polar surface area (TPSA) is 87.5 Å². The van der Waals surface area contributed by atoms with E-state index in [1.54, 1.807) is 6.92 Å². The maximum atomic E-state index is 11.5. The van der Waals surface area contributed by atoms with Crippen LogP contribution >= 0.6 is 11.6 Å². The minimum absolute atomic E-state index is 0.127.